The molecule has 3 nitrogen and oxygen atoms in total. The topological polar surface area (TPSA) is 29.5 Å². The summed E-state index contributed by atoms with van der Waals surface area (Å²) in [7, 11) is 0. The van der Waals surface area contributed by atoms with Gasteiger partial charge in [0.05, 0.1) is 24.5 Å². The Morgan fingerprint density at radius 2 is 2.05 bits per heavy atom. The number of nitrogens with zero attached hydrogens (tertiary/aromatic N) is 1. The maximum absolute atomic E-state index is 12.3. The number of carbonyl (C=O) groups is 1. The third-order valence-electron chi connectivity index (χ3n) is 3.12. The molecule has 2 atom stereocenters. The molecule has 2 unspecified atom stereocenters. The molecule has 0 aliphatic carbocycles. The number of amides is 1. The van der Waals surface area contributed by atoms with Crippen LogP contribution in [0.15, 0.2) is 24.3 Å². The predicted octanol–water partition coefficient (Wildman–Crippen LogP) is 2.74. The highest BCUT2D eigenvalue weighted by atomic mass is 35.5. The molecule has 5 heteroatoms. The Labute approximate surface area is 123 Å². The zero-order chi connectivity index (χ0) is 13.8. The van der Waals surface area contributed by atoms with Gasteiger partial charge in [0.15, 0.2) is 0 Å². The van der Waals surface area contributed by atoms with Gasteiger partial charge in [-0.05, 0) is 24.6 Å². The summed E-state index contributed by atoms with van der Waals surface area (Å²) >= 11 is 11.6. The first-order valence-electron chi connectivity index (χ1n) is 6.32. The fourth-order valence-electron chi connectivity index (χ4n) is 2.22. The molecule has 1 aliphatic heterocycles. The lowest BCUT2D eigenvalue weighted by atomic mass is 10.1. The van der Waals surface area contributed by atoms with Crippen LogP contribution >= 0.6 is 23.2 Å². The SMILES string of the molecule is CC1CN(C(=O)Cc2ccc(Cl)cc2)CC(CCl)O1. The quantitative estimate of drug-likeness (QED) is 0.804. The van der Waals surface area contributed by atoms with Crippen molar-refractivity contribution in [2.75, 3.05) is 19.0 Å². The number of benzene rings is 1. The summed E-state index contributed by atoms with van der Waals surface area (Å²) < 4.78 is 5.64. The van der Waals surface area contributed by atoms with Crippen LogP contribution in [0, 0.1) is 0 Å². The number of halogens is 2. The third kappa shape index (κ3) is 4.10. The average Bonchev–Trinajstić information content (AvgIpc) is 2.40. The van der Waals surface area contributed by atoms with Gasteiger partial charge in [-0.1, -0.05) is 23.7 Å². The number of alkyl halides is 1. The van der Waals surface area contributed by atoms with Crippen molar-refractivity contribution in [1.29, 1.82) is 0 Å². The van der Waals surface area contributed by atoms with Crippen molar-refractivity contribution in [1.82, 2.24) is 4.90 Å². The van der Waals surface area contributed by atoms with Gasteiger partial charge >= 0.3 is 0 Å². The highest BCUT2D eigenvalue weighted by Crippen LogP contribution is 2.15. The number of rotatable bonds is 3. The monoisotopic (exact) mass is 301 g/mol. The summed E-state index contributed by atoms with van der Waals surface area (Å²) in [6.45, 7) is 3.15. The minimum atomic E-state index is -0.0698. The Bertz CT molecular complexity index is 436. The van der Waals surface area contributed by atoms with Crippen LogP contribution in [0.1, 0.15) is 12.5 Å². The van der Waals surface area contributed by atoms with Gasteiger partial charge < -0.3 is 9.64 Å². The second-order valence-corrected chi connectivity index (χ2v) is 5.57. The van der Waals surface area contributed by atoms with Gasteiger partial charge in [0.1, 0.15) is 0 Å². The second-order valence-electron chi connectivity index (χ2n) is 4.82. The molecule has 0 radical (unpaired) electrons. The van der Waals surface area contributed by atoms with Crippen molar-refractivity contribution in [2.45, 2.75) is 25.6 Å². The lowest BCUT2D eigenvalue weighted by Crippen LogP contribution is -2.50. The summed E-state index contributed by atoms with van der Waals surface area (Å²) in [6, 6.07) is 7.35. The fourth-order valence-corrected chi connectivity index (χ4v) is 2.52. The largest absolute Gasteiger partial charge is 0.370 e. The van der Waals surface area contributed by atoms with Crippen LogP contribution in [0.2, 0.25) is 5.02 Å². The van der Waals surface area contributed by atoms with Crippen LogP contribution in [0.4, 0.5) is 0 Å². The van der Waals surface area contributed by atoms with Crippen LogP contribution < -0.4 is 0 Å². The Balaban J connectivity index is 1.97. The van der Waals surface area contributed by atoms with Crippen LogP contribution in [0.3, 0.4) is 0 Å². The molecular weight excluding hydrogens is 285 g/mol. The van der Waals surface area contributed by atoms with E-state index < -0.39 is 0 Å². The number of hydrogen-bond acceptors (Lipinski definition) is 2. The van der Waals surface area contributed by atoms with Gasteiger partial charge in [-0.2, -0.15) is 0 Å². The van der Waals surface area contributed by atoms with E-state index in [0.717, 1.165) is 5.56 Å². The molecule has 1 aromatic rings. The Morgan fingerprint density at radius 1 is 1.37 bits per heavy atom. The van der Waals surface area contributed by atoms with Crippen molar-refractivity contribution >= 4 is 29.1 Å². The molecule has 0 aromatic heterocycles. The lowest BCUT2D eigenvalue weighted by Gasteiger charge is -2.36. The smallest absolute Gasteiger partial charge is 0.227 e. The maximum Gasteiger partial charge on any atom is 0.227 e. The van der Waals surface area contributed by atoms with Crippen molar-refractivity contribution < 1.29 is 9.53 Å². The first kappa shape index (κ1) is 14.6. The first-order chi connectivity index (χ1) is 9.08. The number of hydrogen-bond donors (Lipinski definition) is 0. The fraction of sp³-hybridized carbons (Fsp3) is 0.500. The highest BCUT2D eigenvalue weighted by Gasteiger charge is 2.27. The van der Waals surface area contributed by atoms with Gasteiger partial charge in [0.25, 0.3) is 0 Å². The average molecular weight is 302 g/mol. The minimum Gasteiger partial charge on any atom is -0.370 e. The maximum atomic E-state index is 12.3. The normalized spacial score (nSPS) is 23.4. The molecule has 2 rings (SSSR count). The molecule has 1 heterocycles. The lowest BCUT2D eigenvalue weighted by molar-refractivity contribution is -0.142. The van der Waals surface area contributed by atoms with E-state index in [-0.39, 0.29) is 18.1 Å². The van der Waals surface area contributed by atoms with Gasteiger partial charge in [-0.15, -0.1) is 11.6 Å². The van der Waals surface area contributed by atoms with E-state index in [1.165, 1.54) is 0 Å². The predicted molar refractivity (Wildman–Crippen MR) is 76.8 cm³/mol. The van der Waals surface area contributed by atoms with Crippen LogP contribution in [0.5, 0.6) is 0 Å². The summed E-state index contributed by atoms with van der Waals surface area (Å²) in [5.41, 5.74) is 0.968. The molecule has 1 saturated heterocycles. The molecule has 0 bridgehead atoms. The molecular formula is C14H17Cl2NO2. The molecule has 19 heavy (non-hydrogen) atoms. The summed E-state index contributed by atoms with van der Waals surface area (Å²) in [5, 5.41) is 0.679. The van der Waals surface area contributed by atoms with E-state index in [0.29, 0.717) is 30.4 Å². The first-order valence-corrected chi connectivity index (χ1v) is 7.23. The number of morpholine rings is 1. The molecule has 1 aromatic carbocycles. The summed E-state index contributed by atoms with van der Waals surface area (Å²) in [4.78, 5) is 14.1. The van der Waals surface area contributed by atoms with E-state index in [1.54, 1.807) is 12.1 Å². The van der Waals surface area contributed by atoms with Crippen molar-refractivity contribution in [3.8, 4) is 0 Å². The third-order valence-corrected chi connectivity index (χ3v) is 3.72. The van der Waals surface area contributed by atoms with Crippen LogP contribution in [0.25, 0.3) is 0 Å². The Hall–Kier alpha value is -0.770. The van der Waals surface area contributed by atoms with Crippen molar-refractivity contribution in [3.63, 3.8) is 0 Å². The van der Waals surface area contributed by atoms with E-state index >= 15 is 0 Å². The molecule has 0 saturated carbocycles. The van der Waals surface area contributed by atoms with Gasteiger partial charge in [-0.3, -0.25) is 4.79 Å². The van der Waals surface area contributed by atoms with E-state index in [2.05, 4.69) is 0 Å². The zero-order valence-corrected chi connectivity index (χ0v) is 12.3. The molecule has 1 amide bonds. The van der Waals surface area contributed by atoms with Crippen LogP contribution in [-0.4, -0.2) is 42.0 Å². The Kier molecular flexibility index (Phi) is 5.08. The second kappa shape index (κ2) is 6.60. The van der Waals surface area contributed by atoms with E-state index in [1.807, 2.05) is 24.0 Å². The highest BCUT2D eigenvalue weighted by molar-refractivity contribution is 6.30. The van der Waals surface area contributed by atoms with Crippen molar-refractivity contribution in [3.05, 3.63) is 34.9 Å². The van der Waals surface area contributed by atoms with E-state index in [4.69, 9.17) is 27.9 Å². The minimum absolute atomic E-state index is 0.0340. The summed E-state index contributed by atoms with van der Waals surface area (Å²) in [5.74, 6) is 0.516. The Morgan fingerprint density at radius 3 is 2.68 bits per heavy atom. The number of ether oxygens (including phenoxy) is 1. The van der Waals surface area contributed by atoms with Gasteiger partial charge in [0.2, 0.25) is 5.91 Å². The molecule has 1 fully saturated rings. The van der Waals surface area contributed by atoms with Crippen molar-refractivity contribution in [2.24, 2.45) is 0 Å². The molecule has 104 valence electrons. The standard InChI is InChI=1S/C14H17Cl2NO2/c1-10-8-17(9-13(7-15)19-10)14(18)6-11-2-4-12(16)5-3-11/h2-5,10,13H,6-9H2,1H3. The summed E-state index contributed by atoms with van der Waals surface area (Å²) in [6.07, 6.45) is 0.352. The zero-order valence-electron chi connectivity index (χ0n) is 10.8. The molecule has 1 aliphatic rings. The van der Waals surface area contributed by atoms with Gasteiger partial charge in [-0.25, -0.2) is 0 Å². The van der Waals surface area contributed by atoms with Gasteiger partial charge in [0, 0.05) is 18.1 Å². The molecule has 0 N–H and O–H groups in total. The molecule has 0 spiro atoms. The van der Waals surface area contributed by atoms with Crippen LogP contribution in [-0.2, 0) is 16.0 Å². The number of carbonyl (C=O) groups excluding carboxylic acids is 1. The van der Waals surface area contributed by atoms with E-state index in [9.17, 15) is 4.79 Å².